The van der Waals surface area contributed by atoms with Crippen LogP contribution in [0.25, 0.3) is 0 Å². The van der Waals surface area contributed by atoms with E-state index in [4.69, 9.17) is 4.74 Å². The van der Waals surface area contributed by atoms with Crippen molar-refractivity contribution in [2.24, 2.45) is 0 Å². The van der Waals surface area contributed by atoms with Crippen molar-refractivity contribution in [3.63, 3.8) is 0 Å². The molecule has 0 spiro atoms. The molecule has 3 rings (SSSR count). The van der Waals surface area contributed by atoms with E-state index in [0.29, 0.717) is 19.2 Å². The maximum Gasteiger partial charge on any atom is 0.265 e. The van der Waals surface area contributed by atoms with E-state index in [1.165, 1.54) is 18.2 Å². The largest absolute Gasteiger partial charge is 0.376 e. The molecule has 1 saturated heterocycles. The first-order valence-electron chi connectivity index (χ1n) is 8.44. The smallest absolute Gasteiger partial charge is 0.265 e. The Balaban J connectivity index is 1.83. The molecule has 1 fully saturated rings. The molecular weight excluding hydrogens is 458 g/mol. The molecule has 2 N–H and O–H groups in total. The van der Waals surface area contributed by atoms with Gasteiger partial charge in [0, 0.05) is 23.7 Å². The Bertz CT molecular complexity index is 972. The number of hydrogen-bond acceptors (Lipinski definition) is 4. The number of amides is 1. The number of rotatable bonds is 6. The molecule has 1 aliphatic rings. The van der Waals surface area contributed by atoms with E-state index in [9.17, 15) is 22.0 Å². The van der Waals surface area contributed by atoms with Crippen molar-refractivity contribution in [2.75, 3.05) is 17.9 Å². The molecule has 0 saturated carbocycles. The maximum absolute atomic E-state index is 14.1. The summed E-state index contributed by atoms with van der Waals surface area (Å²) in [6.07, 6.45) is 1.69. The standard InChI is InChI=1S/C18H17BrF2N2O4S/c19-14-8-11(20)9-15(21)17(14)28(25,26)23-16-6-2-1-5-13(16)18(24)22-10-12-4-3-7-27-12/h1-2,5-6,8-9,12,23H,3-4,7,10H2,(H,22,24)/t12-/m1/s1. The molecule has 1 amide bonds. The first kappa shape index (κ1) is 20.7. The van der Waals surface area contributed by atoms with Crippen molar-refractivity contribution in [1.29, 1.82) is 0 Å². The van der Waals surface area contributed by atoms with Crippen LogP contribution in [0, 0.1) is 11.6 Å². The molecule has 0 unspecified atom stereocenters. The van der Waals surface area contributed by atoms with Gasteiger partial charge in [0.25, 0.3) is 15.9 Å². The quantitative estimate of drug-likeness (QED) is 0.671. The number of hydrogen-bond donors (Lipinski definition) is 2. The molecule has 1 atom stereocenters. The fourth-order valence-corrected chi connectivity index (χ4v) is 5.11. The summed E-state index contributed by atoms with van der Waals surface area (Å²) in [6, 6.07) is 7.25. The lowest BCUT2D eigenvalue weighted by molar-refractivity contribution is 0.0858. The number of carbonyl (C=O) groups excluding carboxylic acids is 1. The topological polar surface area (TPSA) is 84.5 Å². The van der Waals surface area contributed by atoms with Crippen LogP contribution in [0.4, 0.5) is 14.5 Å². The van der Waals surface area contributed by atoms with Gasteiger partial charge in [-0.05, 0) is 47.0 Å². The van der Waals surface area contributed by atoms with Gasteiger partial charge in [0.05, 0.1) is 17.4 Å². The van der Waals surface area contributed by atoms with Crippen molar-refractivity contribution in [1.82, 2.24) is 5.32 Å². The minimum Gasteiger partial charge on any atom is -0.376 e. The highest BCUT2D eigenvalue weighted by molar-refractivity contribution is 9.10. The average Bonchev–Trinajstić information content (AvgIpc) is 3.12. The summed E-state index contributed by atoms with van der Waals surface area (Å²) in [5.74, 6) is -2.66. The maximum atomic E-state index is 14.1. The second-order valence-electron chi connectivity index (χ2n) is 6.19. The van der Waals surface area contributed by atoms with Crippen LogP contribution >= 0.6 is 15.9 Å². The lowest BCUT2D eigenvalue weighted by Crippen LogP contribution is -2.32. The zero-order chi connectivity index (χ0) is 20.3. The van der Waals surface area contributed by atoms with Gasteiger partial charge < -0.3 is 10.1 Å². The zero-order valence-corrected chi connectivity index (χ0v) is 16.9. The molecule has 150 valence electrons. The number of carbonyl (C=O) groups is 1. The molecule has 28 heavy (non-hydrogen) atoms. The minimum atomic E-state index is -4.42. The van der Waals surface area contributed by atoms with Crippen LogP contribution < -0.4 is 10.0 Å². The molecular formula is C18H17BrF2N2O4S. The summed E-state index contributed by atoms with van der Waals surface area (Å²) in [5.41, 5.74) is 0.0469. The van der Waals surface area contributed by atoms with Crippen molar-refractivity contribution >= 4 is 37.5 Å². The van der Waals surface area contributed by atoms with Crippen molar-refractivity contribution in [2.45, 2.75) is 23.8 Å². The van der Waals surface area contributed by atoms with Gasteiger partial charge in [0.1, 0.15) is 16.5 Å². The first-order chi connectivity index (χ1) is 13.3. The Hall–Kier alpha value is -2.04. The Labute approximate surface area is 169 Å². The lowest BCUT2D eigenvalue weighted by atomic mass is 10.1. The third kappa shape index (κ3) is 4.68. The highest BCUT2D eigenvalue weighted by atomic mass is 79.9. The van der Waals surface area contributed by atoms with Crippen LogP contribution in [0.2, 0.25) is 0 Å². The predicted octanol–water partition coefficient (Wildman–Crippen LogP) is 3.44. The molecule has 1 aliphatic heterocycles. The number of ether oxygens (including phenoxy) is 1. The monoisotopic (exact) mass is 474 g/mol. The Morgan fingerprint density at radius 3 is 2.68 bits per heavy atom. The van der Waals surface area contributed by atoms with Crippen LogP contribution in [-0.4, -0.2) is 33.6 Å². The third-order valence-electron chi connectivity index (χ3n) is 4.16. The third-order valence-corrected chi connectivity index (χ3v) is 6.49. The summed E-state index contributed by atoms with van der Waals surface area (Å²) in [7, 11) is -4.42. The molecule has 0 radical (unpaired) electrons. The van der Waals surface area contributed by atoms with E-state index in [1.54, 1.807) is 6.07 Å². The second-order valence-corrected chi connectivity index (χ2v) is 8.67. The SMILES string of the molecule is O=C(NC[C@H]1CCCO1)c1ccccc1NS(=O)(=O)c1c(F)cc(F)cc1Br. The van der Waals surface area contributed by atoms with Gasteiger partial charge >= 0.3 is 0 Å². The fraction of sp³-hybridized carbons (Fsp3) is 0.278. The van der Waals surface area contributed by atoms with Crippen LogP contribution in [0.15, 0.2) is 45.8 Å². The molecule has 0 bridgehead atoms. The van der Waals surface area contributed by atoms with Gasteiger partial charge in [0.2, 0.25) is 0 Å². The van der Waals surface area contributed by atoms with E-state index >= 15 is 0 Å². The minimum absolute atomic E-state index is 0.0250. The lowest BCUT2D eigenvalue weighted by Gasteiger charge is -2.15. The van der Waals surface area contributed by atoms with Crippen LogP contribution in [0.5, 0.6) is 0 Å². The van der Waals surface area contributed by atoms with E-state index in [1.807, 2.05) is 0 Å². The second kappa shape index (κ2) is 8.54. The van der Waals surface area contributed by atoms with Gasteiger partial charge in [-0.3, -0.25) is 9.52 Å². The number of nitrogens with one attached hydrogen (secondary N) is 2. The molecule has 1 heterocycles. The number of para-hydroxylation sites is 1. The summed E-state index contributed by atoms with van der Waals surface area (Å²) >= 11 is 2.86. The normalized spacial score (nSPS) is 16.8. The van der Waals surface area contributed by atoms with Gasteiger partial charge in [-0.15, -0.1) is 0 Å². The number of halogens is 3. The van der Waals surface area contributed by atoms with Crippen molar-refractivity contribution in [3.05, 3.63) is 58.1 Å². The van der Waals surface area contributed by atoms with Crippen molar-refractivity contribution in [3.8, 4) is 0 Å². The molecule has 0 aromatic heterocycles. The number of anilines is 1. The van der Waals surface area contributed by atoms with Crippen LogP contribution in [0.1, 0.15) is 23.2 Å². The fourth-order valence-electron chi connectivity index (χ4n) is 2.86. The predicted molar refractivity (Wildman–Crippen MR) is 103 cm³/mol. The summed E-state index contributed by atoms with van der Waals surface area (Å²) < 4.78 is 60.0. The molecule has 0 aliphatic carbocycles. The molecule has 2 aromatic carbocycles. The van der Waals surface area contributed by atoms with Crippen LogP contribution in [0.3, 0.4) is 0 Å². The van der Waals surface area contributed by atoms with E-state index in [-0.39, 0.29) is 21.8 Å². The average molecular weight is 475 g/mol. The number of sulfonamides is 1. The molecule has 6 nitrogen and oxygen atoms in total. The number of benzene rings is 2. The molecule has 10 heteroatoms. The summed E-state index contributed by atoms with van der Waals surface area (Å²) in [4.78, 5) is 11.7. The van der Waals surface area contributed by atoms with E-state index in [0.717, 1.165) is 18.9 Å². The Morgan fingerprint density at radius 1 is 1.25 bits per heavy atom. The van der Waals surface area contributed by atoms with E-state index < -0.39 is 32.5 Å². The van der Waals surface area contributed by atoms with Gasteiger partial charge in [-0.25, -0.2) is 17.2 Å². The van der Waals surface area contributed by atoms with E-state index in [2.05, 4.69) is 26.0 Å². The summed E-state index contributed by atoms with van der Waals surface area (Å²) in [6.45, 7) is 0.951. The summed E-state index contributed by atoms with van der Waals surface area (Å²) in [5, 5.41) is 2.71. The highest BCUT2D eigenvalue weighted by Gasteiger charge is 2.26. The Morgan fingerprint density at radius 2 is 2.00 bits per heavy atom. The first-order valence-corrected chi connectivity index (χ1v) is 10.7. The van der Waals surface area contributed by atoms with Crippen LogP contribution in [-0.2, 0) is 14.8 Å². The molecule has 2 aromatic rings. The van der Waals surface area contributed by atoms with Gasteiger partial charge in [-0.1, -0.05) is 12.1 Å². The Kier molecular flexibility index (Phi) is 6.31. The highest BCUT2D eigenvalue weighted by Crippen LogP contribution is 2.29. The van der Waals surface area contributed by atoms with Crippen molar-refractivity contribution < 1.29 is 26.7 Å². The van der Waals surface area contributed by atoms with Gasteiger partial charge in [-0.2, -0.15) is 0 Å². The zero-order valence-electron chi connectivity index (χ0n) is 14.5. The van der Waals surface area contributed by atoms with Gasteiger partial charge in [0.15, 0.2) is 0 Å².